The first kappa shape index (κ1) is 12.7. The Hall–Kier alpha value is -2.70. The van der Waals surface area contributed by atoms with Crippen molar-refractivity contribution in [3.05, 3.63) is 35.5 Å². The van der Waals surface area contributed by atoms with Crippen LogP contribution >= 0.6 is 0 Å². The van der Waals surface area contributed by atoms with Gasteiger partial charge in [0, 0.05) is 18.2 Å². The predicted octanol–water partition coefficient (Wildman–Crippen LogP) is 0.636. The number of methoxy groups -OCH3 is 1. The Morgan fingerprint density at radius 3 is 2.95 bits per heavy atom. The largest absolute Gasteiger partial charge is 0.507 e. The summed E-state index contributed by atoms with van der Waals surface area (Å²) in [5, 5.41) is 18.7. The summed E-state index contributed by atoms with van der Waals surface area (Å²) in [6.45, 7) is 0.229. The Morgan fingerprint density at radius 2 is 2.37 bits per heavy atom. The van der Waals surface area contributed by atoms with Crippen molar-refractivity contribution in [3.8, 4) is 11.5 Å². The van der Waals surface area contributed by atoms with Crippen molar-refractivity contribution >= 4 is 11.7 Å². The average molecular weight is 262 g/mol. The standard InChI is InChI=1S/C12H14N4O3/c1-19-8-2-3-9(10(17)4-8)12(18)14-5-7-6-15-16-11(7)13/h2-4,6,17H,5H2,1H3,(H,14,18)(H3,13,15,16). The lowest BCUT2D eigenvalue weighted by Crippen LogP contribution is -2.23. The number of nitrogens with zero attached hydrogens (tertiary/aromatic N) is 1. The van der Waals surface area contributed by atoms with E-state index in [2.05, 4.69) is 15.5 Å². The van der Waals surface area contributed by atoms with E-state index in [1.165, 1.54) is 25.4 Å². The molecule has 2 rings (SSSR count). The monoisotopic (exact) mass is 262 g/mol. The van der Waals surface area contributed by atoms with Crippen LogP contribution in [0.5, 0.6) is 11.5 Å². The van der Waals surface area contributed by atoms with Crippen molar-refractivity contribution in [2.24, 2.45) is 0 Å². The average Bonchev–Trinajstić information content (AvgIpc) is 2.81. The van der Waals surface area contributed by atoms with Crippen LogP contribution in [0.3, 0.4) is 0 Å². The molecule has 0 fully saturated rings. The number of anilines is 1. The Morgan fingerprint density at radius 1 is 1.58 bits per heavy atom. The highest BCUT2D eigenvalue weighted by Crippen LogP contribution is 2.23. The number of nitrogen functional groups attached to an aromatic ring is 1. The number of amides is 1. The van der Waals surface area contributed by atoms with Crippen molar-refractivity contribution in [2.75, 3.05) is 12.8 Å². The maximum Gasteiger partial charge on any atom is 0.255 e. The fourth-order valence-electron chi connectivity index (χ4n) is 1.56. The number of nitrogens with two attached hydrogens (primary N) is 1. The lowest BCUT2D eigenvalue weighted by atomic mass is 10.1. The Labute approximate surface area is 109 Å². The van der Waals surface area contributed by atoms with E-state index in [4.69, 9.17) is 10.5 Å². The molecule has 1 heterocycles. The van der Waals surface area contributed by atoms with E-state index in [-0.39, 0.29) is 17.9 Å². The molecule has 1 aromatic heterocycles. The van der Waals surface area contributed by atoms with Crippen LogP contribution < -0.4 is 15.8 Å². The third-order valence-electron chi connectivity index (χ3n) is 2.64. The van der Waals surface area contributed by atoms with Crippen LogP contribution in [-0.2, 0) is 6.54 Å². The number of benzene rings is 1. The summed E-state index contributed by atoms with van der Waals surface area (Å²) in [5.41, 5.74) is 6.45. The number of carbonyl (C=O) groups excluding carboxylic acids is 1. The van der Waals surface area contributed by atoms with Crippen LogP contribution in [0.2, 0.25) is 0 Å². The van der Waals surface area contributed by atoms with Gasteiger partial charge in [0.05, 0.1) is 18.9 Å². The summed E-state index contributed by atoms with van der Waals surface area (Å²) < 4.78 is 4.94. The van der Waals surface area contributed by atoms with Gasteiger partial charge < -0.3 is 20.9 Å². The molecule has 0 aliphatic heterocycles. The number of aromatic hydroxyl groups is 1. The van der Waals surface area contributed by atoms with Gasteiger partial charge in [-0.25, -0.2) is 0 Å². The summed E-state index contributed by atoms with van der Waals surface area (Å²) in [6.07, 6.45) is 1.53. The molecule has 0 saturated carbocycles. The fraction of sp³-hybridized carbons (Fsp3) is 0.167. The lowest BCUT2D eigenvalue weighted by Gasteiger charge is -2.07. The van der Waals surface area contributed by atoms with Gasteiger partial charge in [-0.05, 0) is 12.1 Å². The molecule has 100 valence electrons. The Bertz CT molecular complexity index is 594. The van der Waals surface area contributed by atoms with Crippen molar-refractivity contribution in [1.82, 2.24) is 15.5 Å². The number of nitrogens with one attached hydrogen (secondary N) is 2. The summed E-state index contributed by atoms with van der Waals surface area (Å²) in [6, 6.07) is 4.46. The molecule has 0 atom stereocenters. The zero-order valence-electron chi connectivity index (χ0n) is 10.3. The molecule has 0 spiro atoms. The molecule has 7 heteroatoms. The van der Waals surface area contributed by atoms with Gasteiger partial charge in [0.1, 0.15) is 17.3 Å². The third-order valence-corrected chi connectivity index (χ3v) is 2.64. The molecule has 0 bridgehead atoms. The third kappa shape index (κ3) is 2.76. The minimum atomic E-state index is -0.402. The Kier molecular flexibility index (Phi) is 3.56. The molecule has 0 aliphatic rings. The topological polar surface area (TPSA) is 113 Å². The van der Waals surface area contributed by atoms with Crippen LogP contribution in [0, 0.1) is 0 Å². The van der Waals surface area contributed by atoms with Crippen molar-refractivity contribution < 1.29 is 14.6 Å². The first-order valence-corrected chi connectivity index (χ1v) is 5.54. The number of rotatable bonds is 4. The van der Waals surface area contributed by atoms with Gasteiger partial charge in [-0.15, -0.1) is 0 Å². The zero-order chi connectivity index (χ0) is 13.8. The number of phenols is 1. The minimum Gasteiger partial charge on any atom is -0.507 e. The molecular weight excluding hydrogens is 248 g/mol. The number of ether oxygens (including phenoxy) is 1. The molecule has 7 nitrogen and oxygen atoms in total. The molecule has 2 aromatic rings. The molecule has 0 saturated heterocycles. The summed E-state index contributed by atoms with van der Waals surface area (Å²) in [4.78, 5) is 11.9. The number of hydrogen-bond acceptors (Lipinski definition) is 5. The number of hydrogen-bond donors (Lipinski definition) is 4. The molecule has 5 N–H and O–H groups in total. The molecule has 0 aliphatic carbocycles. The second kappa shape index (κ2) is 5.30. The highest BCUT2D eigenvalue weighted by molar-refractivity contribution is 5.97. The van der Waals surface area contributed by atoms with Crippen molar-refractivity contribution in [2.45, 2.75) is 6.54 Å². The summed E-state index contributed by atoms with van der Waals surface area (Å²) >= 11 is 0. The van der Waals surface area contributed by atoms with E-state index >= 15 is 0 Å². The van der Waals surface area contributed by atoms with E-state index < -0.39 is 5.91 Å². The molecule has 0 unspecified atom stereocenters. The van der Waals surface area contributed by atoms with Gasteiger partial charge in [0.25, 0.3) is 5.91 Å². The quantitative estimate of drug-likeness (QED) is 0.645. The van der Waals surface area contributed by atoms with Crippen LogP contribution in [-0.4, -0.2) is 28.3 Å². The maximum absolute atomic E-state index is 11.9. The molecule has 1 aromatic carbocycles. The molecule has 1 amide bonds. The van der Waals surface area contributed by atoms with Gasteiger partial charge >= 0.3 is 0 Å². The number of H-pyrrole nitrogens is 1. The minimum absolute atomic E-state index is 0.142. The molecule has 19 heavy (non-hydrogen) atoms. The second-order valence-corrected chi connectivity index (χ2v) is 3.87. The van der Waals surface area contributed by atoms with Gasteiger partial charge in [-0.2, -0.15) is 5.10 Å². The smallest absolute Gasteiger partial charge is 0.255 e. The van der Waals surface area contributed by atoms with E-state index in [9.17, 15) is 9.90 Å². The lowest BCUT2D eigenvalue weighted by molar-refractivity contribution is 0.0948. The normalized spacial score (nSPS) is 10.2. The van der Waals surface area contributed by atoms with Gasteiger partial charge in [-0.3, -0.25) is 9.89 Å². The van der Waals surface area contributed by atoms with Crippen LogP contribution in [0.1, 0.15) is 15.9 Å². The van der Waals surface area contributed by atoms with E-state index in [1.807, 2.05) is 0 Å². The number of phenolic OH excluding ortho intramolecular Hbond substituents is 1. The fourth-order valence-corrected chi connectivity index (χ4v) is 1.56. The number of aromatic amines is 1. The van der Waals surface area contributed by atoms with Crippen LogP contribution in [0.15, 0.2) is 24.4 Å². The number of carbonyl (C=O) groups is 1. The first-order valence-electron chi connectivity index (χ1n) is 5.54. The highest BCUT2D eigenvalue weighted by atomic mass is 16.5. The summed E-state index contributed by atoms with van der Waals surface area (Å²) in [5.74, 6) is 0.338. The van der Waals surface area contributed by atoms with Crippen molar-refractivity contribution in [3.63, 3.8) is 0 Å². The second-order valence-electron chi connectivity index (χ2n) is 3.87. The molecular formula is C12H14N4O3. The number of aromatic nitrogens is 2. The zero-order valence-corrected chi connectivity index (χ0v) is 10.3. The SMILES string of the molecule is COc1ccc(C(=O)NCc2cn[nH]c2N)c(O)c1. The summed E-state index contributed by atoms with van der Waals surface area (Å²) in [7, 11) is 1.48. The van der Waals surface area contributed by atoms with Gasteiger partial charge in [-0.1, -0.05) is 0 Å². The van der Waals surface area contributed by atoms with Crippen LogP contribution in [0.25, 0.3) is 0 Å². The van der Waals surface area contributed by atoms with Crippen LogP contribution in [0.4, 0.5) is 5.82 Å². The van der Waals surface area contributed by atoms with Crippen molar-refractivity contribution in [1.29, 1.82) is 0 Å². The Balaban J connectivity index is 2.06. The maximum atomic E-state index is 11.9. The predicted molar refractivity (Wildman–Crippen MR) is 68.8 cm³/mol. The first-order chi connectivity index (χ1) is 9.11. The van der Waals surface area contributed by atoms with E-state index in [0.717, 1.165) is 0 Å². The van der Waals surface area contributed by atoms with Gasteiger partial charge in [0.15, 0.2) is 0 Å². The van der Waals surface area contributed by atoms with E-state index in [1.54, 1.807) is 6.07 Å². The highest BCUT2D eigenvalue weighted by Gasteiger charge is 2.12. The molecule has 0 radical (unpaired) electrons. The van der Waals surface area contributed by atoms with E-state index in [0.29, 0.717) is 17.1 Å². The van der Waals surface area contributed by atoms with Gasteiger partial charge in [0.2, 0.25) is 0 Å².